The van der Waals surface area contributed by atoms with Crippen molar-refractivity contribution in [2.24, 2.45) is 0 Å². The summed E-state index contributed by atoms with van der Waals surface area (Å²) < 4.78 is 12.4. The molecule has 14 heavy (non-hydrogen) atoms. The molecule has 0 heterocycles. The molecule has 0 amide bonds. The summed E-state index contributed by atoms with van der Waals surface area (Å²) in [6.07, 6.45) is 0. The van der Waals surface area contributed by atoms with E-state index in [9.17, 15) is 14.5 Å². The average Bonchev–Trinajstić information content (AvgIpc) is 2.16. The molecule has 1 rings (SSSR count). The second kappa shape index (κ2) is 4.17. The summed E-state index contributed by atoms with van der Waals surface area (Å²) in [7, 11) is 0. The molecule has 0 fully saturated rings. The quantitative estimate of drug-likeness (QED) is 0.551. The Morgan fingerprint density at radius 3 is 2.79 bits per heavy atom. The minimum atomic E-state index is -0.690. The zero-order valence-electron chi connectivity index (χ0n) is 7.87. The van der Waals surface area contributed by atoms with Crippen LogP contribution in [0.2, 0.25) is 0 Å². The van der Waals surface area contributed by atoms with Crippen LogP contribution in [0, 0.1) is 24.0 Å². The lowest BCUT2D eigenvalue weighted by molar-refractivity contribution is -0.385. The van der Waals surface area contributed by atoms with E-state index < -0.39 is 17.5 Å². The highest BCUT2D eigenvalue weighted by Crippen LogP contribution is 2.27. The van der Waals surface area contributed by atoms with Crippen molar-refractivity contribution in [3.05, 3.63) is 46.4 Å². The highest BCUT2D eigenvalue weighted by atomic mass is 19.1. The molecule has 0 bridgehead atoms. The molecule has 1 unspecified atom stereocenters. The van der Waals surface area contributed by atoms with E-state index in [2.05, 4.69) is 6.92 Å². The minimum Gasteiger partial charge on any atom is -0.258 e. The molecule has 0 saturated heterocycles. The predicted octanol–water partition coefficient (Wildman–Crippen LogP) is 2.79. The summed E-state index contributed by atoms with van der Waals surface area (Å²) >= 11 is 0. The zero-order valence-corrected chi connectivity index (χ0v) is 7.87. The Labute approximate surface area is 81.7 Å². The third kappa shape index (κ3) is 2.07. The Hall–Kier alpha value is -1.45. The molecule has 0 aliphatic heterocycles. The van der Waals surface area contributed by atoms with Crippen LogP contribution < -0.4 is 0 Å². The first-order valence-electron chi connectivity index (χ1n) is 4.20. The van der Waals surface area contributed by atoms with E-state index >= 15 is 0 Å². The Morgan fingerprint density at radius 2 is 2.29 bits per heavy atom. The predicted molar refractivity (Wildman–Crippen MR) is 51.9 cm³/mol. The molecule has 0 spiro atoms. The normalized spacial score (nSPS) is 12.5. The van der Waals surface area contributed by atoms with Gasteiger partial charge in [0.1, 0.15) is 0 Å². The largest absolute Gasteiger partial charge is 0.272 e. The van der Waals surface area contributed by atoms with Crippen LogP contribution >= 0.6 is 0 Å². The molecule has 1 atom stereocenters. The number of halogens is 1. The lowest BCUT2D eigenvalue weighted by Crippen LogP contribution is -2.02. The van der Waals surface area contributed by atoms with Gasteiger partial charge in [0, 0.05) is 17.5 Å². The van der Waals surface area contributed by atoms with Gasteiger partial charge in [-0.3, -0.25) is 14.5 Å². The standard InChI is InChI=1S/C10H11FNO2/c1-7-3-4-10(12(13)14)9(5-7)8(2)6-11/h3-5,8H,2,6H2,1H3. The van der Waals surface area contributed by atoms with Gasteiger partial charge in [-0.1, -0.05) is 11.6 Å². The highest BCUT2D eigenvalue weighted by molar-refractivity contribution is 5.45. The van der Waals surface area contributed by atoms with Crippen molar-refractivity contribution >= 4 is 5.69 Å². The van der Waals surface area contributed by atoms with E-state index in [1.807, 2.05) is 0 Å². The van der Waals surface area contributed by atoms with E-state index in [1.54, 1.807) is 19.1 Å². The van der Waals surface area contributed by atoms with Gasteiger partial charge in [-0.05, 0) is 19.9 Å². The summed E-state index contributed by atoms with van der Waals surface area (Å²) in [4.78, 5) is 10.1. The van der Waals surface area contributed by atoms with Crippen LogP contribution in [0.25, 0.3) is 0 Å². The van der Waals surface area contributed by atoms with Gasteiger partial charge in [0.25, 0.3) is 5.69 Å². The molecule has 1 aromatic rings. The minimum absolute atomic E-state index is 0.0618. The molecule has 75 valence electrons. The first kappa shape index (κ1) is 10.6. The van der Waals surface area contributed by atoms with Crippen molar-refractivity contribution in [3.63, 3.8) is 0 Å². The molecule has 4 heteroatoms. The maximum atomic E-state index is 12.4. The Morgan fingerprint density at radius 1 is 1.64 bits per heavy atom. The van der Waals surface area contributed by atoms with Crippen LogP contribution in [0.1, 0.15) is 17.0 Å². The van der Waals surface area contributed by atoms with Gasteiger partial charge >= 0.3 is 0 Å². The second-order valence-corrected chi connectivity index (χ2v) is 3.17. The molecule has 0 saturated carbocycles. The van der Waals surface area contributed by atoms with Crippen LogP contribution in [0.5, 0.6) is 0 Å². The van der Waals surface area contributed by atoms with Crippen molar-refractivity contribution < 1.29 is 9.31 Å². The Kier molecular flexibility index (Phi) is 3.17. The van der Waals surface area contributed by atoms with E-state index in [-0.39, 0.29) is 5.69 Å². The summed E-state index contributed by atoms with van der Waals surface area (Å²) in [5.74, 6) is -0.671. The fourth-order valence-electron chi connectivity index (χ4n) is 1.25. The van der Waals surface area contributed by atoms with Crippen molar-refractivity contribution in [2.45, 2.75) is 12.8 Å². The van der Waals surface area contributed by atoms with E-state index in [0.717, 1.165) is 5.56 Å². The average molecular weight is 196 g/mol. The molecule has 1 aromatic carbocycles. The molecular formula is C10H11FNO2. The van der Waals surface area contributed by atoms with Gasteiger partial charge in [0.2, 0.25) is 0 Å². The van der Waals surface area contributed by atoms with Gasteiger partial charge in [-0.15, -0.1) is 0 Å². The second-order valence-electron chi connectivity index (χ2n) is 3.17. The molecule has 0 aromatic heterocycles. The number of hydrogen-bond donors (Lipinski definition) is 0. The van der Waals surface area contributed by atoms with Gasteiger partial charge in [-0.25, -0.2) is 0 Å². The Bertz CT molecular complexity index is 352. The summed E-state index contributed by atoms with van der Waals surface area (Å²) in [6, 6.07) is 4.63. The molecule has 0 aliphatic rings. The number of alkyl halides is 1. The van der Waals surface area contributed by atoms with Crippen molar-refractivity contribution in [2.75, 3.05) is 6.67 Å². The van der Waals surface area contributed by atoms with Crippen LogP contribution in [0.4, 0.5) is 10.1 Å². The highest BCUT2D eigenvalue weighted by Gasteiger charge is 2.18. The van der Waals surface area contributed by atoms with Crippen LogP contribution in [-0.4, -0.2) is 11.6 Å². The third-order valence-corrected chi connectivity index (χ3v) is 2.01. The zero-order chi connectivity index (χ0) is 10.7. The molecule has 1 radical (unpaired) electrons. The fourth-order valence-corrected chi connectivity index (χ4v) is 1.25. The lowest BCUT2D eigenvalue weighted by Gasteiger charge is -2.08. The SMILES string of the molecule is [CH2]C(CF)c1cc(C)ccc1[N+](=O)[O-]. The number of aryl methyl sites for hydroxylation is 1. The van der Waals surface area contributed by atoms with Gasteiger partial charge in [-0.2, -0.15) is 0 Å². The van der Waals surface area contributed by atoms with Crippen LogP contribution in [0.3, 0.4) is 0 Å². The van der Waals surface area contributed by atoms with E-state index in [4.69, 9.17) is 0 Å². The lowest BCUT2D eigenvalue weighted by atomic mass is 9.98. The number of hydrogen-bond acceptors (Lipinski definition) is 2. The number of benzene rings is 1. The first-order valence-corrected chi connectivity index (χ1v) is 4.20. The smallest absolute Gasteiger partial charge is 0.258 e. The molecule has 3 nitrogen and oxygen atoms in total. The Balaban J connectivity index is 3.22. The first-order chi connectivity index (χ1) is 6.56. The maximum Gasteiger partial charge on any atom is 0.272 e. The maximum absolute atomic E-state index is 12.4. The number of rotatable bonds is 3. The monoisotopic (exact) mass is 196 g/mol. The van der Waals surface area contributed by atoms with Gasteiger partial charge < -0.3 is 0 Å². The molecular weight excluding hydrogens is 185 g/mol. The van der Waals surface area contributed by atoms with E-state index in [1.165, 1.54) is 6.07 Å². The third-order valence-electron chi connectivity index (χ3n) is 2.01. The van der Waals surface area contributed by atoms with Crippen molar-refractivity contribution in [3.8, 4) is 0 Å². The summed E-state index contributed by atoms with van der Waals surface area (Å²) in [5, 5.41) is 10.6. The fraction of sp³-hybridized carbons (Fsp3) is 0.300. The molecule has 0 aliphatic carbocycles. The number of nitro benzene ring substituents is 1. The van der Waals surface area contributed by atoms with Crippen molar-refractivity contribution in [1.29, 1.82) is 0 Å². The number of nitrogens with zero attached hydrogens (tertiary/aromatic N) is 1. The van der Waals surface area contributed by atoms with Crippen LogP contribution in [0.15, 0.2) is 18.2 Å². The van der Waals surface area contributed by atoms with Crippen molar-refractivity contribution in [1.82, 2.24) is 0 Å². The van der Waals surface area contributed by atoms with Crippen LogP contribution in [-0.2, 0) is 0 Å². The van der Waals surface area contributed by atoms with Gasteiger partial charge in [0.15, 0.2) is 0 Å². The summed E-state index contributed by atoms with van der Waals surface area (Å²) in [6.45, 7) is 4.65. The van der Waals surface area contributed by atoms with Gasteiger partial charge in [0.05, 0.1) is 11.6 Å². The van der Waals surface area contributed by atoms with E-state index in [0.29, 0.717) is 5.56 Å². The summed E-state index contributed by atoms with van der Waals surface area (Å²) in [5.41, 5.74) is 1.17. The molecule has 0 N–H and O–H groups in total. The topological polar surface area (TPSA) is 43.1 Å². The number of nitro groups is 1.